The topological polar surface area (TPSA) is 57.7 Å². The van der Waals surface area contributed by atoms with Crippen LogP contribution in [-0.2, 0) is 14.8 Å². The second kappa shape index (κ2) is 4.49. The van der Waals surface area contributed by atoms with Crippen molar-refractivity contribution in [2.75, 3.05) is 32.4 Å². The number of rotatable bonds is 2. The van der Waals surface area contributed by atoms with Crippen molar-refractivity contribution in [3.63, 3.8) is 0 Å². The molecule has 0 aromatic heterocycles. The van der Waals surface area contributed by atoms with Gasteiger partial charge in [-0.15, -0.1) is 0 Å². The summed E-state index contributed by atoms with van der Waals surface area (Å²) in [4.78, 5) is 13.8. The predicted octanol–water partition coefficient (Wildman–Crippen LogP) is 0.526. The fourth-order valence-electron chi connectivity index (χ4n) is 2.82. The third-order valence-electron chi connectivity index (χ3n) is 4.12. The molecule has 2 fully saturated rings. The van der Waals surface area contributed by atoms with Crippen molar-refractivity contribution in [3.05, 3.63) is 0 Å². The lowest BCUT2D eigenvalue weighted by molar-refractivity contribution is -0.138. The molecule has 2 saturated heterocycles. The zero-order valence-corrected chi connectivity index (χ0v) is 12.2. The molecule has 0 N–H and O–H groups in total. The van der Waals surface area contributed by atoms with Crippen LogP contribution in [0.1, 0.15) is 26.7 Å². The molecule has 0 aromatic rings. The van der Waals surface area contributed by atoms with Crippen LogP contribution in [0, 0.1) is 11.3 Å². The Labute approximate surface area is 109 Å². The maximum Gasteiger partial charge on any atom is 0.225 e. The Balaban J connectivity index is 1.88. The number of piperidine rings is 1. The number of amides is 1. The van der Waals surface area contributed by atoms with Crippen molar-refractivity contribution in [3.8, 4) is 0 Å². The summed E-state index contributed by atoms with van der Waals surface area (Å²) < 4.78 is 24.3. The highest BCUT2D eigenvalue weighted by Gasteiger charge is 2.48. The Kier molecular flexibility index (Phi) is 3.44. The van der Waals surface area contributed by atoms with E-state index in [1.54, 1.807) is 0 Å². The normalized spacial score (nSPS) is 24.3. The molecule has 0 aromatic carbocycles. The van der Waals surface area contributed by atoms with Crippen molar-refractivity contribution in [2.24, 2.45) is 11.3 Å². The van der Waals surface area contributed by atoms with Crippen molar-refractivity contribution in [1.29, 1.82) is 0 Å². The van der Waals surface area contributed by atoms with E-state index in [1.807, 2.05) is 18.7 Å². The van der Waals surface area contributed by atoms with Crippen molar-refractivity contribution >= 4 is 15.9 Å². The Bertz CT molecular complexity index is 428. The lowest BCUT2D eigenvalue weighted by Gasteiger charge is -2.52. The standard InChI is InChI=1S/C12H22N2O3S/c1-10(2)11(15)13-6-4-12(5-7-13)8-14(9-12)18(3,16)17/h10H,4-9H2,1-3H3. The van der Waals surface area contributed by atoms with Gasteiger partial charge in [0.15, 0.2) is 0 Å². The van der Waals surface area contributed by atoms with Gasteiger partial charge in [0.2, 0.25) is 15.9 Å². The van der Waals surface area contributed by atoms with Crippen molar-refractivity contribution in [1.82, 2.24) is 9.21 Å². The molecule has 6 heteroatoms. The Hall–Kier alpha value is -0.620. The van der Waals surface area contributed by atoms with Crippen LogP contribution in [0.3, 0.4) is 0 Å². The summed E-state index contributed by atoms with van der Waals surface area (Å²) in [5.74, 6) is 0.261. The van der Waals surface area contributed by atoms with Gasteiger partial charge in [0.1, 0.15) is 0 Å². The summed E-state index contributed by atoms with van der Waals surface area (Å²) in [5.41, 5.74) is 0.136. The van der Waals surface area contributed by atoms with Gasteiger partial charge in [-0.1, -0.05) is 13.8 Å². The van der Waals surface area contributed by atoms with Gasteiger partial charge in [0, 0.05) is 37.5 Å². The zero-order valence-electron chi connectivity index (χ0n) is 11.3. The van der Waals surface area contributed by atoms with E-state index in [1.165, 1.54) is 10.6 Å². The number of carbonyl (C=O) groups excluding carboxylic acids is 1. The smallest absolute Gasteiger partial charge is 0.225 e. The van der Waals surface area contributed by atoms with Crippen LogP contribution in [0.2, 0.25) is 0 Å². The molecular weight excluding hydrogens is 252 g/mol. The summed E-state index contributed by atoms with van der Waals surface area (Å²) in [6.45, 7) is 6.65. The molecule has 0 radical (unpaired) electrons. The van der Waals surface area contributed by atoms with E-state index in [4.69, 9.17) is 0 Å². The van der Waals surface area contributed by atoms with Crippen LogP contribution < -0.4 is 0 Å². The molecule has 2 heterocycles. The van der Waals surface area contributed by atoms with E-state index in [0.29, 0.717) is 13.1 Å². The highest BCUT2D eigenvalue weighted by atomic mass is 32.2. The largest absolute Gasteiger partial charge is 0.342 e. The maximum atomic E-state index is 11.9. The van der Waals surface area contributed by atoms with Crippen LogP contribution in [0.15, 0.2) is 0 Å². The lowest BCUT2D eigenvalue weighted by atomic mass is 9.73. The highest BCUT2D eigenvalue weighted by Crippen LogP contribution is 2.41. The molecule has 2 aliphatic rings. The van der Waals surface area contributed by atoms with Crippen LogP contribution in [0.4, 0.5) is 0 Å². The molecular formula is C12H22N2O3S. The first-order valence-electron chi connectivity index (χ1n) is 6.47. The summed E-state index contributed by atoms with van der Waals surface area (Å²) in [7, 11) is -3.03. The minimum Gasteiger partial charge on any atom is -0.342 e. The summed E-state index contributed by atoms with van der Waals surface area (Å²) in [5, 5.41) is 0. The highest BCUT2D eigenvalue weighted by molar-refractivity contribution is 7.88. The Morgan fingerprint density at radius 1 is 1.17 bits per heavy atom. The van der Waals surface area contributed by atoms with Gasteiger partial charge in [-0.05, 0) is 12.8 Å². The summed E-state index contributed by atoms with van der Waals surface area (Å²) in [6, 6.07) is 0. The third-order valence-corrected chi connectivity index (χ3v) is 5.32. The van der Waals surface area contributed by atoms with E-state index in [9.17, 15) is 13.2 Å². The monoisotopic (exact) mass is 274 g/mol. The lowest BCUT2D eigenvalue weighted by Crippen LogP contribution is -2.62. The number of hydrogen-bond donors (Lipinski definition) is 0. The molecule has 1 amide bonds. The summed E-state index contributed by atoms with van der Waals surface area (Å²) in [6.07, 6.45) is 3.12. The molecule has 0 saturated carbocycles. The van der Waals surface area contributed by atoms with E-state index in [-0.39, 0.29) is 17.2 Å². The SMILES string of the molecule is CC(C)C(=O)N1CCC2(CC1)CN(S(C)(=O)=O)C2. The number of hydrogen-bond acceptors (Lipinski definition) is 3. The van der Waals surface area contributed by atoms with Crippen LogP contribution in [0.25, 0.3) is 0 Å². The quantitative estimate of drug-likeness (QED) is 0.738. The molecule has 0 unspecified atom stereocenters. The predicted molar refractivity (Wildman–Crippen MR) is 69.5 cm³/mol. The second-order valence-corrected chi connectivity index (χ2v) is 7.99. The van der Waals surface area contributed by atoms with Crippen molar-refractivity contribution in [2.45, 2.75) is 26.7 Å². The first kappa shape index (κ1) is 13.8. The van der Waals surface area contributed by atoms with E-state index in [2.05, 4.69) is 0 Å². The average Bonchev–Trinajstić information content (AvgIpc) is 2.23. The van der Waals surface area contributed by atoms with E-state index >= 15 is 0 Å². The van der Waals surface area contributed by atoms with Gasteiger partial charge in [0.05, 0.1) is 6.26 Å². The minimum absolute atomic E-state index is 0.0490. The Morgan fingerprint density at radius 2 is 1.67 bits per heavy atom. The fourth-order valence-corrected chi connectivity index (χ4v) is 3.84. The molecule has 0 bridgehead atoms. The maximum absolute atomic E-state index is 11.9. The van der Waals surface area contributed by atoms with Gasteiger partial charge in [0.25, 0.3) is 0 Å². The molecule has 0 aliphatic carbocycles. The second-order valence-electron chi connectivity index (χ2n) is 6.01. The van der Waals surface area contributed by atoms with Gasteiger partial charge < -0.3 is 4.90 Å². The first-order chi connectivity index (χ1) is 8.23. The molecule has 18 heavy (non-hydrogen) atoms. The van der Waals surface area contributed by atoms with Crippen LogP contribution in [0.5, 0.6) is 0 Å². The molecule has 0 atom stereocenters. The van der Waals surface area contributed by atoms with Crippen LogP contribution in [-0.4, -0.2) is 56.0 Å². The van der Waals surface area contributed by atoms with E-state index in [0.717, 1.165) is 25.9 Å². The molecule has 2 aliphatic heterocycles. The summed E-state index contributed by atoms with van der Waals surface area (Å²) >= 11 is 0. The fraction of sp³-hybridized carbons (Fsp3) is 0.917. The average molecular weight is 274 g/mol. The number of carbonyl (C=O) groups is 1. The minimum atomic E-state index is -3.03. The number of likely N-dealkylation sites (tertiary alicyclic amines) is 1. The van der Waals surface area contributed by atoms with Gasteiger partial charge >= 0.3 is 0 Å². The van der Waals surface area contributed by atoms with Crippen molar-refractivity contribution < 1.29 is 13.2 Å². The molecule has 5 nitrogen and oxygen atoms in total. The Morgan fingerprint density at radius 3 is 2.06 bits per heavy atom. The number of sulfonamides is 1. The van der Waals surface area contributed by atoms with E-state index < -0.39 is 10.0 Å². The molecule has 104 valence electrons. The molecule has 2 rings (SSSR count). The zero-order chi connectivity index (χ0) is 13.6. The van der Waals surface area contributed by atoms with Gasteiger partial charge in [-0.3, -0.25) is 4.79 Å². The van der Waals surface area contributed by atoms with Gasteiger partial charge in [-0.25, -0.2) is 12.7 Å². The first-order valence-corrected chi connectivity index (χ1v) is 8.32. The third kappa shape index (κ3) is 2.54. The van der Waals surface area contributed by atoms with Crippen LogP contribution >= 0.6 is 0 Å². The number of nitrogens with zero attached hydrogens (tertiary/aromatic N) is 2. The molecule has 1 spiro atoms. The van der Waals surface area contributed by atoms with Gasteiger partial charge in [-0.2, -0.15) is 0 Å².